The summed E-state index contributed by atoms with van der Waals surface area (Å²) < 4.78 is 10.4. The SMILES string of the molecule is COc1cccc(COC(=O)CCc2ccc(Cl)cc2)c1. The van der Waals surface area contributed by atoms with Gasteiger partial charge in [0.05, 0.1) is 7.11 Å². The van der Waals surface area contributed by atoms with Gasteiger partial charge in [0.2, 0.25) is 0 Å². The summed E-state index contributed by atoms with van der Waals surface area (Å²) in [5.41, 5.74) is 1.98. The molecule has 4 heteroatoms. The fourth-order valence-corrected chi connectivity index (χ4v) is 2.02. The lowest BCUT2D eigenvalue weighted by Gasteiger charge is -2.07. The summed E-state index contributed by atoms with van der Waals surface area (Å²) in [7, 11) is 1.61. The van der Waals surface area contributed by atoms with Gasteiger partial charge in [-0.05, 0) is 41.8 Å². The zero-order valence-electron chi connectivity index (χ0n) is 11.8. The summed E-state index contributed by atoms with van der Waals surface area (Å²) in [6.07, 6.45) is 1.000. The van der Waals surface area contributed by atoms with Crippen LogP contribution < -0.4 is 4.74 Å². The van der Waals surface area contributed by atoms with Crippen LogP contribution in [0.1, 0.15) is 17.5 Å². The minimum absolute atomic E-state index is 0.215. The van der Waals surface area contributed by atoms with Gasteiger partial charge in [0, 0.05) is 11.4 Å². The molecule has 21 heavy (non-hydrogen) atoms. The summed E-state index contributed by atoms with van der Waals surface area (Å²) in [6.45, 7) is 0.261. The average Bonchev–Trinajstić information content (AvgIpc) is 2.52. The monoisotopic (exact) mass is 304 g/mol. The highest BCUT2D eigenvalue weighted by Gasteiger charge is 2.05. The van der Waals surface area contributed by atoms with Crippen LogP contribution in [-0.4, -0.2) is 13.1 Å². The van der Waals surface area contributed by atoms with Gasteiger partial charge in [-0.25, -0.2) is 0 Å². The molecule has 0 unspecified atom stereocenters. The van der Waals surface area contributed by atoms with E-state index in [1.165, 1.54) is 0 Å². The van der Waals surface area contributed by atoms with E-state index in [2.05, 4.69) is 0 Å². The van der Waals surface area contributed by atoms with Crippen LogP contribution in [0.25, 0.3) is 0 Å². The summed E-state index contributed by atoms with van der Waals surface area (Å²) >= 11 is 5.81. The van der Waals surface area contributed by atoms with E-state index in [0.29, 0.717) is 17.9 Å². The van der Waals surface area contributed by atoms with Crippen LogP contribution in [-0.2, 0) is 22.6 Å². The van der Waals surface area contributed by atoms with Crippen molar-refractivity contribution < 1.29 is 14.3 Å². The van der Waals surface area contributed by atoms with E-state index in [4.69, 9.17) is 21.1 Å². The third-order valence-electron chi connectivity index (χ3n) is 3.07. The number of halogens is 1. The van der Waals surface area contributed by atoms with Gasteiger partial charge in [-0.15, -0.1) is 0 Å². The van der Waals surface area contributed by atoms with Crippen molar-refractivity contribution in [1.29, 1.82) is 0 Å². The molecule has 0 aliphatic carbocycles. The maximum Gasteiger partial charge on any atom is 0.306 e. The number of benzene rings is 2. The fourth-order valence-electron chi connectivity index (χ4n) is 1.90. The minimum atomic E-state index is -0.215. The molecule has 0 spiro atoms. The van der Waals surface area contributed by atoms with Crippen LogP contribution >= 0.6 is 11.6 Å². The van der Waals surface area contributed by atoms with Gasteiger partial charge in [0.25, 0.3) is 0 Å². The Kier molecular flexibility index (Phi) is 5.64. The standard InChI is InChI=1S/C17H17ClO3/c1-20-16-4-2-3-14(11-16)12-21-17(19)10-7-13-5-8-15(18)9-6-13/h2-6,8-9,11H,7,10,12H2,1H3. The van der Waals surface area contributed by atoms with Crippen molar-refractivity contribution in [3.63, 3.8) is 0 Å². The lowest BCUT2D eigenvalue weighted by molar-refractivity contribution is -0.144. The zero-order chi connectivity index (χ0) is 15.1. The lowest BCUT2D eigenvalue weighted by atomic mass is 10.1. The van der Waals surface area contributed by atoms with E-state index in [-0.39, 0.29) is 12.6 Å². The largest absolute Gasteiger partial charge is 0.497 e. The molecule has 0 N–H and O–H groups in total. The number of ether oxygens (including phenoxy) is 2. The van der Waals surface area contributed by atoms with Gasteiger partial charge in [-0.3, -0.25) is 4.79 Å². The van der Waals surface area contributed by atoms with Gasteiger partial charge < -0.3 is 9.47 Å². The van der Waals surface area contributed by atoms with Gasteiger partial charge in [-0.2, -0.15) is 0 Å². The second-order valence-electron chi connectivity index (χ2n) is 4.64. The molecule has 3 nitrogen and oxygen atoms in total. The molecule has 2 rings (SSSR count). The number of carbonyl (C=O) groups excluding carboxylic acids is 1. The van der Waals surface area contributed by atoms with Gasteiger partial charge >= 0.3 is 5.97 Å². The van der Waals surface area contributed by atoms with Crippen molar-refractivity contribution >= 4 is 17.6 Å². The lowest BCUT2D eigenvalue weighted by Crippen LogP contribution is -2.06. The Labute approximate surface area is 129 Å². The Morgan fingerprint density at radius 2 is 1.86 bits per heavy atom. The second-order valence-corrected chi connectivity index (χ2v) is 5.08. The number of methoxy groups -OCH3 is 1. The number of esters is 1. The summed E-state index contributed by atoms with van der Waals surface area (Å²) in [6, 6.07) is 14.9. The molecule has 0 saturated carbocycles. The number of hydrogen-bond acceptors (Lipinski definition) is 3. The van der Waals surface area contributed by atoms with Crippen LogP contribution in [0, 0.1) is 0 Å². The van der Waals surface area contributed by atoms with Gasteiger partial charge in [0.1, 0.15) is 12.4 Å². The van der Waals surface area contributed by atoms with E-state index >= 15 is 0 Å². The molecule has 2 aromatic carbocycles. The van der Waals surface area contributed by atoms with E-state index in [9.17, 15) is 4.79 Å². The van der Waals surface area contributed by atoms with Crippen molar-refractivity contribution in [2.24, 2.45) is 0 Å². The zero-order valence-corrected chi connectivity index (χ0v) is 12.6. The first-order valence-corrected chi connectivity index (χ1v) is 7.08. The highest BCUT2D eigenvalue weighted by atomic mass is 35.5. The molecule has 110 valence electrons. The van der Waals surface area contributed by atoms with Crippen LogP contribution in [0.2, 0.25) is 5.02 Å². The third-order valence-corrected chi connectivity index (χ3v) is 3.32. The van der Waals surface area contributed by atoms with Crippen molar-refractivity contribution in [3.8, 4) is 5.75 Å². The quantitative estimate of drug-likeness (QED) is 0.756. The molecule has 0 radical (unpaired) electrons. The molecule has 0 saturated heterocycles. The maximum atomic E-state index is 11.7. The van der Waals surface area contributed by atoms with E-state index in [1.54, 1.807) is 7.11 Å². The molecule has 0 fully saturated rings. The molecule has 2 aromatic rings. The smallest absolute Gasteiger partial charge is 0.306 e. The molecule has 0 aliphatic rings. The Morgan fingerprint density at radius 3 is 2.57 bits per heavy atom. The number of carbonyl (C=O) groups is 1. The van der Waals surface area contributed by atoms with E-state index in [1.807, 2.05) is 48.5 Å². The number of aryl methyl sites for hydroxylation is 1. The van der Waals surface area contributed by atoms with Gasteiger partial charge in [-0.1, -0.05) is 35.9 Å². The Bertz CT molecular complexity index is 593. The first-order valence-electron chi connectivity index (χ1n) is 6.70. The first-order chi connectivity index (χ1) is 10.2. The topological polar surface area (TPSA) is 35.5 Å². The average molecular weight is 305 g/mol. The number of hydrogen-bond donors (Lipinski definition) is 0. The Balaban J connectivity index is 1.78. The highest BCUT2D eigenvalue weighted by molar-refractivity contribution is 6.30. The summed E-state index contributed by atoms with van der Waals surface area (Å²) in [5.74, 6) is 0.539. The normalized spacial score (nSPS) is 10.2. The first kappa shape index (κ1) is 15.4. The second kappa shape index (κ2) is 7.70. The molecular weight excluding hydrogens is 288 g/mol. The van der Waals surface area contributed by atoms with Crippen molar-refractivity contribution in [3.05, 3.63) is 64.7 Å². The highest BCUT2D eigenvalue weighted by Crippen LogP contribution is 2.14. The molecular formula is C17H17ClO3. The summed E-state index contributed by atoms with van der Waals surface area (Å²) in [5, 5.41) is 0.694. The van der Waals surface area contributed by atoms with Crippen molar-refractivity contribution in [2.45, 2.75) is 19.4 Å². The molecule has 0 atom stereocenters. The van der Waals surface area contributed by atoms with Crippen molar-refractivity contribution in [1.82, 2.24) is 0 Å². The maximum absolute atomic E-state index is 11.7. The molecule has 0 aliphatic heterocycles. The van der Waals surface area contributed by atoms with E-state index in [0.717, 1.165) is 16.9 Å². The van der Waals surface area contributed by atoms with E-state index < -0.39 is 0 Å². The van der Waals surface area contributed by atoms with Crippen molar-refractivity contribution in [2.75, 3.05) is 7.11 Å². The predicted molar refractivity (Wildman–Crippen MR) is 82.6 cm³/mol. The van der Waals surface area contributed by atoms with Crippen LogP contribution in [0.5, 0.6) is 5.75 Å². The fraction of sp³-hybridized carbons (Fsp3) is 0.235. The Morgan fingerprint density at radius 1 is 1.10 bits per heavy atom. The van der Waals surface area contributed by atoms with Crippen LogP contribution in [0.3, 0.4) is 0 Å². The molecule has 0 amide bonds. The summed E-state index contributed by atoms with van der Waals surface area (Å²) in [4.78, 5) is 11.7. The number of rotatable bonds is 6. The molecule has 0 heterocycles. The van der Waals surface area contributed by atoms with Crippen LogP contribution in [0.15, 0.2) is 48.5 Å². The molecule has 0 aromatic heterocycles. The van der Waals surface area contributed by atoms with Crippen LogP contribution in [0.4, 0.5) is 0 Å². The van der Waals surface area contributed by atoms with Gasteiger partial charge in [0.15, 0.2) is 0 Å². The Hall–Kier alpha value is -2.00. The minimum Gasteiger partial charge on any atom is -0.497 e. The molecule has 0 bridgehead atoms. The predicted octanol–water partition coefficient (Wildman–Crippen LogP) is 4.02. The third kappa shape index (κ3) is 5.12.